The molecule has 0 aliphatic carbocycles. The first-order chi connectivity index (χ1) is 14.5. The molecule has 1 aliphatic rings. The minimum Gasteiger partial charge on any atom is -0.292 e. The summed E-state index contributed by atoms with van der Waals surface area (Å²) in [5.74, 6) is 3.01. The average molecular weight is 512 g/mol. The molecule has 1 rings (SSSR count). The summed E-state index contributed by atoms with van der Waals surface area (Å²) in [6.45, 7) is 46.2. The Hall–Kier alpha value is -0.0400. The fraction of sp³-hybridized carbons (Fsp3) is 1.00. The average Bonchev–Trinajstić information content (AvgIpc) is 2.97. The molecule has 1 heteroatoms. The minimum absolute atomic E-state index is 0. The number of hydrogen-bond donors (Lipinski definition) is 0. The fourth-order valence-corrected chi connectivity index (χ4v) is 3.90. The van der Waals surface area contributed by atoms with Crippen LogP contribution in [-0.2, 0) is 0 Å². The summed E-state index contributed by atoms with van der Waals surface area (Å²) in [6.07, 6.45) is 2.50. The van der Waals surface area contributed by atoms with E-state index in [1.54, 1.807) is 0 Å². The highest BCUT2D eigenvalue weighted by molar-refractivity contribution is 5.03. The largest absolute Gasteiger partial charge is 0.292 e. The molecule has 0 amide bonds. The van der Waals surface area contributed by atoms with Crippen LogP contribution in [0.4, 0.5) is 0 Å². The zero-order valence-electron chi connectivity index (χ0n) is 26.8. The van der Waals surface area contributed by atoms with E-state index >= 15 is 0 Å². The number of nitrogens with zero attached hydrogens (tertiary/aromatic N) is 1. The van der Waals surface area contributed by atoms with Crippen LogP contribution in [0.15, 0.2) is 0 Å². The number of rotatable bonds is 3. The van der Waals surface area contributed by atoms with Crippen molar-refractivity contribution in [1.29, 1.82) is 0 Å². The van der Waals surface area contributed by atoms with Gasteiger partial charge < -0.3 is 0 Å². The maximum atomic E-state index is 2.82. The van der Waals surface area contributed by atoms with Crippen molar-refractivity contribution in [2.75, 3.05) is 0 Å². The van der Waals surface area contributed by atoms with Gasteiger partial charge in [0, 0.05) is 17.6 Å². The molecule has 0 bridgehead atoms. The van der Waals surface area contributed by atoms with E-state index in [4.69, 9.17) is 0 Å². The molecule has 1 aliphatic heterocycles. The molecule has 0 spiro atoms. The second kappa shape index (κ2) is 44.0. The molecule has 0 unspecified atom stereocenters. The second-order valence-corrected chi connectivity index (χ2v) is 8.56. The molecule has 0 aromatic rings. The SMILES string of the molecule is C.C.C.C.CC.CC.CC.CC.CC(C)C(C)(C(C)C)N1[C@H](C)[C@H](C)[C@H](C)[C@@H]1C.CCC.CCC. The van der Waals surface area contributed by atoms with Crippen LogP contribution < -0.4 is 0 Å². The molecule has 0 saturated carbocycles. The Labute approximate surface area is 234 Å². The molecule has 0 N–H and O–H groups in total. The van der Waals surface area contributed by atoms with Gasteiger partial charge in [0.05, 0.1) is 0 Å². The Kier molecular flexibility index (Phi) is 81.3. The molecule has 0 aromatic carbocycles. The summed E-state index contributed by atoms with van der Waals surface area (Å²) in [5, 5.41) is 0. The molecule has 0 aromatic heterocycles. The van der Waals surface area contributed by atoms with Gasteiger partial charge in [0.15, 0.2) is 0 Å². The lowest BCUT2D eigenvalue weighted by atomic mass is 9.76. The summed E-state index contributed by atoms with van der Waals surface area (Å²) in [4.78, 5) is 2.82. The molecule has 0 radical (unpaired) electrons. The van der Waals surface area contributed by atoms with Crippen molar-refractivity contribution < 1.29 is 0 Å². The van der Waals surface area contributed by atoms with Crippen LogP contribution in [0.5, 0.6) is 0 Å². The Morgan fingerprint density at radius 1 is 0.514 bits per heavy atom. The van der Waals surface area contributed by atoms with Crippen molar-refractivity contribution in [3.05, 3.63) is 0 Å². The minimum atomic E-state index is 0. The van der Waals surface area contributed by atoms with Gasteiger partial charge in [-0.3, -0.25) is 4.90 Å². The summed E-state index contributed by atoms with van der Waals surface area (Å²) in [7, 11) is 0. The summed E-state index contributed by atoms with van der Waals surface area (Å²) < 4.78 is 0. The smallest absolute Gasteiger partial charge is 0.0233 e. The van der Waals surface area contributed by atoms with Crippen LogP contribution in [0.1, 0.15) is 188 Å². The Balaban J connectivity index is -0.0000000372. The Morgan fingerprint density at radius 3 is 0.771 bits per heavy atom. The standard InChI is InChI=1S/C16H33N.2C3H8.4C2H6.4CH4/c1-10(2)16(9,11(3)4)17-14(7)12(5)13(6)15(17)8;2*1-3-2;4*1-2;;;;/h10-15H,1-9H3;2*3H2,1-2H3;4*1-2H3;4*1H4/t12-,13+,14-,15+;;;;;;;;;;. The van der Waals surface area contributed by atoms with Gasteiger partial charge in [-0.1, -0.05) is 167 Å². The van der Waals surface area contributed by atoms with Gasteiger partial charge in [-0.2, -0.15) is 0 Å². The van der Waals surface area contributed by atoms with Gasteiger partial charge in [0.1, 0.15) is 0 Å². The van der Waals surface area contributed by atoms with Crippen LogP contribution >= 0.6 is 0 Å². The first-order valence-corrected chi connectivity index (χ1v) is 14.3. The zero-order chi connectivity index (χ0) is 27.0. The van der Waals surface area contributed by atoms with Gasteiger partial charge in [-0.05, 0) is 44.4 Å². The maximum Gasteiger partial charge on any atom is 0.0233 e. The molecule has 1 nitrogen and oxygen atoms in total. The predicted octanol–water partition coefficient (Wildman–Crippen LogP) is 13.9. The molecule has 230 valence electrons. The maximum absolute atomic E-state index is 2.82. The molecular formula is C34H89N. The number of likely N-dealkylation sites (tertiary alicyclic amines) is 1. The topological polar surface area (TPSA) is 3.24 Å². The van der Waals surface area contributed by atoms with Gasteiger partial charge in [-0.15, -0.1) is 0 Å². The molecule has 1 saturated heterocycles. The normalized spacial score (nSPS) is 19.3. The first-order valence-electron chi connectivity index (χ1n) is 14.3. The van der Waals surface area contributed by atoms with Gasteiger partial charge in [0.25, 0.3) is 0 Å². The van der Waals surface area contributed by atoms with E-state index in [1.807, 2.05) is 55.4 Å². The van der Waals surface area contributed by atoms with Crippen LogP contribution in [0, 0.1) is 23.7 Å². The van der Waals surface area contributed by atoms with E-state index in [0.29, 0.717) is 29.5 Å². The second-order valence-electron chi connectivity index (χ2n) is 8.56. The van der Waals surface area contributed by atoms with Crippen molar-refractivity contribution in [2.45, 2.75) is 206 Å². The monoisotopic (exact) mass is 512 g/mol. The van der Waals surface area contributed by atoms with Crippen molar-refractivity contribution in [1.82, 2.24) is 4.90 Å². The lowest BCUT2D eigenvalue weighted by molar-refractivity contribution is -0.0176. The lowest BCUT2D eigenvalue weighted by Crippen LogP contribution is -2.58. The van der Waals surface area contributed by atoms with E-state index in [0.717, 1.165) is 11.8 Å². The summed E-state index contributed by atoms with van der Waals surface area (Å²) in [6, 6.07) is 1.41. The molecule has 1 heterocycles. The van der Waals surface area contributed by atoms with Gasteiger partial charge in [-0.25, -0.2) is 0 Å². The summed E-state index contributed by atoms with van der Waals surface area (Å²) >= 11 is 0. The van der Waals surface area contributed by atoms with E-state index in [2.05, 4.69) is 94.9 Å². The Morgan fingerprint density at radius 2 is 0.657 bits per heavy atom. The lowest BCUT2D eigenvalue weighted by Gasteiger charge is -2.50. The third-order valence-corrected chi connectivity index (χ3v) is 6.12. The van der Waals surface area contributed by atoms with E-state index in [-0.39, 0.29) is 29.7 Å². The molecule has 35 heavy (non-hydrogen) atoms. The van der Waals surface area contributed by atoms with Crippen molar-refractivity contribution in [3.8, 4) is 0 Å². The Bertz CT molecular complexity index is 258. The van der Waals surface area contributed by atoms with Crippen molar-refractivity contribution in [3.63, 3.8) is 0 Å². The van der Waals surface area contributed by atoms with Gasteiger partial charge >= 0.3 is 0 Å². The third-order valence-electron chi connectivity index (χ3n) is 6.12. The first kappa shape index (κ1) is 64.7. The van der Waals surface area contributed by atoms with Crippen LogP contribution in [-0.4, -0.2) is 22.5 Å². The highest BCUT2D eigenvalue weighted by Gasteiger charge is 2.50. The highest BCUT2D eigenvalue weighted by Crippen LogP contribution is 2.44. The van der Waals surface area contributed by atoms with E-state index < -0.39 is 0 Å². The molecule has 1 fully saturated rings. The van der Waals surface area contributed by atoms with E-state index in [1.165, 1.54) is 12.8 Å². The highest BCUT2D eigenvalue weighted by atomic mass is 15.3. The van der Waals surface area contributed by atoms with Crippen LogP contribution in [0.2, 0.25) is 0 Å². The third kappa shape index (κ3) is 24.1. The zero-order valence-corrected chi connectivity index (χ0v) is 26.8. The fourth-order valence-electron chi connectivity index (χ4n) is 3.90. The molecular weight excluding hydrogens is 422 g/mol. The van der Waals surface area contributed by atoms with Gasteiger partial charge in [0.2, 0.25) is 0 Å². The van der Waals surface area contributed by atoms with Crippen LogP contribution in [0.3, 0.4) is 0 Å². The van der Waals surface area contributed by atoms with Crippen molar-refractivity contribution in [2.24, 2.45) is 23.7 Å². The van der Waals surface area contributed by atoms with E-state index in [9.17, 15) is 0 Å². The predicted molar refractivity (Wildman–Crippen MR) is 181 cm³/mol. The quantitative estimate of drug-likeness (QED) is 0.364. The summed E-state index contributed by atoms with van der Waals surface area (Å²) in [5.41, 5.74) is 0.317. The van der Waals surface area contributed by atoms with Crippen LogP contribution in [0.25, 0.3) is 0 Å². The number of hydrogen-bond acceptors (Lipinski definition) is 1. The van der Waals surface area contributed by atoms with Crippen molar-refractivity contribution >= 4 is 0 Å². The molecule has 4 atom stereocenters.